The molecule has 3 heterocycles. The Morgan fingerprint density at radius 2 is 2.15 bits per heavy atom. The van der Waals surface area contributed by atoms with Crippen LogP contribution >= 0.6 is 34.9 Å². The van der Waals surface area contributed by atoms with Gasteiger partial charge in [-0.25, -0.2) is 4.79 Å². The Hall–Kier alpha value is -1.49. The SMILES string of the molecule is CSCC1=C(C(=O)O)N2C(=O)[C@@H](NC(=O)Cc3ccc(CN)s3)[C@H]2SC1. The summed E-state index contributed by atoms with van der Waals surface area (Å²) in [6, 6.07) is 3.07. The number of thiophene rings is 1. The van der Waals surface area contributed by atoms with Gasteiger partial charge in [0.15, 0.2) is 0 Å². The summed E-state index contributed by atoms with van der Waals surface area (Å²) in [6.07, 6.45) is 2.08. The summed E-state index contributed by atoms with van der Waals surface area (Å²) in [5.41, 5.74) is 6.39. The van der Waals surface area contributed by atoms with Crippen molar-refractivity contribution < 1.29 is 19.5 Å². The van der Waals surface area contributed by atoms with E-state index < -0.39 is 12.0 Å². The average molecular weight is 414 g/mol. The number of thioether (sulfide) groups is 2. The maximum atomic E-state index is 12.5. The van der Waals surface area contributed by atoms with E-state index in [4.69, 9.17) is 5.73 Å². The second-order valence-electron chi connectivity index (χ2n) is 5.89. The molecule has 3 rings (SSSR count). The van der Waals surface area contributed by atoms with Gasteiger partial charge < -0.3 is 16.2 Å². The number of aliphatic carboxylic acids is 1. The summed E-state index contributed by atoms with van der Waals surface area (Å²) in [5, 5.41) is 11.9. The lowest BCUT2D eigenvalue weighted by Crippen LogP contribution is -2.70. The first-order chi connectivity index (χ1) is 12.5. The number of carboxylic acids is 1. The number of nitrogens with zero attached hydrogens (tertiary/aromatic N) is 1. The second-order valence-corrected chi connectivity index (χ2v) is 9.12. The molecule has 0 aromatic carbocycles. The van der Waals surface area contributed by atoms with Gasteiger partial charge >= 0.3 is 5.97 Å². The molecular weight excluding hydrogens is 394 g/mol. The number of nitrogens with two attached hydrogens (primary N) is 1. The number of rotatable bonds is 7. The third-order valence-corrected chi connectivity index (χ3v) is 7.22. The van der Waals surface area contributed by atoms with Crippen molar-refractivity contribution in [3.05, 3.63) is 33.2 Å². The van der Waals surface area contributed by atoms with Crippen LogP contribution in [0.15, 0.2) is 23.4 Å². The third-order valence-electron chi connectivity index (χ3n) is 4.14. The second kappa shape index (κ2) is 8.03. The van der Waals surface area contributed by atoms with Crippen molar-refractivity contribution in [2.45, 2.75) is 24.4 Å². The molecule has 140 valence electrons. The van der Waals surface area contributed by atoms with Gasteiger partial charge in [-0.2, -0.15) is 11.8 Å². The largest absolute Gasteiger partial charge is 0.477 e. The van der Waals surface area contributed by atoms with Crippen LogP contribution in [0.1, 0.15) is 9.75 Å². The highest BCUT2D eigenvalue weighted by Crippen LogP contribution is 2.40. The van der Waals surface area contributed by atoms with Gasteiger partial charge in [-0.3, -0.25) is 14.5 Å². The number of carbonyl (C=O) groups excluding carboxylic acids is 2. The first-order valence-corrected chi connectivity index (χ1v) is 11.2. The maximum absolute atomic E-state index is 12.5. The monoisotopic (exact) mass is 413 g/mol. The van der Waals surface area contributed by atoms with Gasteiger partial charge in [0.1, 0.15) is 17.1 Å². The molecule has 2 aliphatic heterocycles. The molecule has 1 aromatic rings. The molecule has 0 unspecified atom stereocenters. The number of hydrogen-bond donors (Lipinski definition) is 3. The van der Waals surface area contributed by atoms with E-state index in [1.54, 1.807) is 0 Å². The minimum Gasteiger partial charge on any atom is -0.477 e. The summed E-state index contributed by atoms with van der Waals surface area (Å²) >= 11 is 4.49. The molecule has 0 saturated carbocycles. The van der Waals surface area contributed by atoms with Crippen molar-refractivity contribution >= 4 is 52.6 Å². The summed E-state index contributed by atoms with van der Waals surface area (Å²) in [7, 11) is 0. The number of carbonyl (C=O) groups is 3. The van der Waals surface area contributed by atoms with Gasteiger partial charge in [-0.1, -0.05) is 0 Å². The molecule has 2 aliphatic rings. The normalized spacial score (nSPS) is 22.1. The first kappa shape index (κ1) is 19.3. The number of β-lactam (4-membered cyclic amide) rings is 1. The number of amides is 2. The van der Waals surface area contributed by atoms with Crippen LogP contribution < -0.4 is 11.1 Å². The average Bonchev–Trinajstić information content (AvgIpc) is 3.06. The lowest BCUT2D eigenvalue weighted by atomic mass is 10.0. The lowest BCUT2D eigenvalue weighted by Gasteiger charge is -2.49. The van der Waals surface area contributed by atoms with Crippen molar-refractivity contribution in [1.29, 1.82) is 0 Å². The summed E-state index contributed by atoms with van der Waals surface area (Å²) < 4.78 is 0. The van der Waals surface area contributed by atoms with E-state index in [-0.39, 0.29) is 29.3 Å². The summed E-state index contributed by atoms with van der Waals surface area (Å²) in [4.78, 5) is 39.6. The standard InChI is InChI=1S/C16H19N3O4S3/c1-24-6-8-7-25-15-12(14(21)19(15)13(8)16(22)23)18-11(20)4-9-2-3-10(5-17)26-9/h2-3,12,15H,4-7,17H2,1H3,(H,18,20)(H,22,23)/t12-,15-/m1/s1. The molecule has 0 radical (unpaired) electrons. The fourth-order valence-electron chi connectivity index (χ4n) is 2.98. The van der Waals surface area contributed by atoms with E-state index in [1.165, 1.54) is 39.8 Å². The smallest absolute Gasteiger partial charge is 0.352 e. The molecule has 1 fully saturated rings. The van der Waals surface area contributed by atoms with E-state index in [1.807, 2.05) is 18.4 Å². The highest BCUT2D eigenvalue weighted by Gasteiger charge is 2.54. The molecule has 4 N–H and O–H groups in total. The number of carboxylic acid groups (broad SMARTS) is 1. The summed E-state index contributed by atoms with van der Waals surface area (Å²) in [6.45, 7) is 0.434. The Morgan fingerprint density at radius 1 is 1.42 bits per heavy atom. The third kappa shape index (κ3) is 3.64. The maximum Gasteiger partial charge on any atom is 0.352 e. The predicted octanol–water partition coefficient (Wildman–Crippen LogP) is 0.851. The van der Waals surface area contributed by atoms with Crippen molar-refractivity contribution in [2.75, 3.05) is 17.8 Å². The Bertz CT molecular complexity index is 777. The van der Waals surface area contributed by atoms with Crippen LogP contribution in [0, 0.1) is 0 Å². The quantitative estimate of drug-likeness (QED) is 0.568. The Morgan fingerprint density at radius 3 is 2.77 bits per heavy atom. The van der Waals surface area contributed by atoms with Crippen LogP contribution in [-0.2, 0) is 27.3 Å². The van der Waals surface area contributed by atoms with Crippen LogP contribution in [0.4, 0.5) is 0 Å². The number of fused-ring (bicyclic) bond motifs is 1. The number of nitrogens with one attached hydrogen (secondary N) is 1. The van der Waals surface area contributed by atoms with Gasteiger partial charge in [-0.05, 0) is 24.0 Å². The Labute approximate surface area is 163 Å². The molecule has 1 aromatic heterocycles. The zero-order valence-corrected chi connectivity index (χ0v) is 16.5. The molecule has 0 spiro atoms. The van der Waals surface area contributed by atoms with Crippen LogP contribution in [0.5, 0.6) is 0 Å². The van der Waals surface area contributed by atoms with Crippen molar-refractivity contribution in [2.24, 2.45) is 5.73 Å². The molecular formula is C16H19N3O4S3. The van der Waals surface area contributed by atoms with Gasteiger partial charge in [0, 0.05) is 27.8 Å². The molecule has 2 amide bonds. The zero-order valence-electron chi connectivity index (χ0n) is 14.1. The van der Waals surface area contributed by atoms with Gasteiger partial charge in [0.25, 0.3) is 5.91 Å². The molecule has 7 nitrogen and oxygen atoms in total. The summed E-state index contributed by atoms with van der Waals surface area (Å²) in [5.74, 6) is -0.575. The fourth-order valence-corrected chi connectivity index (χ4v) is 5.94. The van der Waals surface area contributed by atoms with Gasteiger partial charge in [0.05, 0.1) is 6.42 Å². The highest BCUT2D eigenvalue weighted by molar-refractivity contribution is 8.00. The van der Waals surface area contributed by atoms with Crippen LogP contribution in [-0.4, -0.2) is 57.0 Å². The van der Waals surface area contributed by atoms with E-state index in [9.17, 15) is 19.5 Å². The molecule has 2 atom stereocenters. The molecule has 1 saturated heterocycles. The number of hydrogen-bond acceptors (Lipinski definition) is 7. The first-order valence-electron chi connectivity index (χ1n) is 7.92. The van der Waals surface area contributed by atoms with Gasteiger partial charge in [-0.15, -0.1) is 23.1 Å². The molecule has 10 heteroatoms. The topological polar surface area (TPSA) is 113 Å². The molecule has 0 aliphatic carbocycles. The molecule has 0 bridgehead atoms. The fraction of sp³-hybridized carbons (Fsp3) is 0.438. The van der Waals surface area contributed by atoms with E-state index >= 15 is 0 Å². The lowest BCUT2D eigenvalue weighted by molar-refractivity contribution is -0.150. The van der Waals surface area contributed by atoms with Crippen molar-refractivity contribution in [3.8, 4) is 0 Å². The Balaban J connectivity index is 1.66. The van der Waals surface area contributed by atoms with Crippen molar-refractivity contribution in [3.63, 3.8) is 0 Å². The van der Waals surface area contributed by atoms with E-state index in [0.29, 0.717) is 18.1 Å². The van der Waals surface area contributed by atoms with Gasteiger partial charge in [0.2, 0.25) is 5.91 Å². The van der Waals surface area contributed by atoms with Crippen LogP contribution in [0.3, 0.4) is 0 Å². The van der Waals surface area contributed by atoms with Crippen LogP contribution in [0.2, 0.25) is 0 Å². The molecule has 26 heavy (non-hydrogen) atoms. The minimum absolute atomic E-state index is 0.0736. The van der Waals surface area contributed by atoms with Crippen LogP contribution in [0.25, 0.3) is 0 Å². The van der Waals surface area contributed by atoms with E-state index in [2.05, 4.69) is 5.32 Å². The van der Waals surface area contributed by atoms with E-state index in [0.717, 1.165) is 15.3 Å². The highest BCUT2D eigenvalue weighted by atomic mass is 32.2. The van der Waals surface area contributed by atoms with Crippen molar-refractivity contribution in [1.82, 2.24) is 10.2 Å². The zero-order chi connectivity index (χ0) is 18.8. The predicted molar refractivity (Wildman–Crippen MR) is 104 cm³/mol. The minimum atomic E-state index is -1.09. The Kier molecular flexibility index (Phi) is 5.96.